The molecule has 1 heterocycles. The van der Waals surface area contributed by atoms with Crippen LogP contribution >= 0.6 is 0 Å². The molecule has 0 radical (unpaired) electrons. The van der Waals surface area contributed by atoms with Gasteiger partial charge in [0.2, 0.25) is 5.91 Å². The molecule has 1 rings (SSSR count). The maximum Gasteiger partial charge on any atom is 0.318 e. The van der Waals surface area contributed by atoms with Crippen LogP contribution in [-0.4, -0.2) is 53.1 Å². The van der Waals surface area contributed by atoms with Gasteiger partial charge in [-0.2, -0.15) is 0 Å². The Bertz CT molecular complexity index is 386. The highest BCUT2D eigenvalue weighted by Gasteiger charge is 2.29. The number of carboxylic acid groups (broad SMARTS) is 1. The average molecular weight is 299 g/mol. The smallest absolute Gasteiger partial charge is 0.318 e. The molecule has 21 heavy (non-hydrogen) atoms. The molecule has 7 nitrogen and oxygen atoms in total. The summed E-state index contributed by atoms with van der Waals surface area (Å²) in [7, 11) is 0. The van der Waals surface area contributed by atoms with Gasteiger partial charge in [0.25, 0.3) is 0 Å². The van der Waals surface area contributed by atoms with E-state index in [2.05, 4.69) is 10.6 Å². The van der Waals surface area contributed by atoms with Gasteiger partial charge in [0, 0.05) is 19.1 Å². The summed E-state index contributed by atoms with van der Waals surface area (Å²) in [4.78, 5) is 36.4. The number of piperidine rings is 1. The first-order valence-electron chi connectivity index (χ1n) is 7.52. The molecule has 3 N–H and O–H groups in total. The van der Waals surface area contributed by atoms with Crippen molar-refractivity contribution in [3.8, 4) is 0 Å². The Morgan fingerprint density at radius 1 is 1.33 bits per heavy atom. The summed E-state index contributed by atoms with van der Waals surface area (Å²) >= 11 is 0. The van der Waals surface area contributed by atoms with Gasteiger partial charge in [-0.05, 0) is 32.6 Å². The fraction of sp³-hybridized carbons (Fsp3) is 0.786. The second kappa shape index (κ2) is 8.49. The van der Waals surface area contributed by atoms with Crippen LogP contribution in [0.2, 0.25) is 0 Å². The normalized spacial score (nSPS) is 19.7. The molecule has 1 aliphatic heterocycles. The molecule has 0 saturated carbocycles. The predicted octanol–water partition coefficient (Wildman–Crippen LogP) is 0.940. The van der Waals surface area contributed by atoms with Crippen molar-refractivity contribution in [2.75, 3.05) is 13.1 Å². The highest BCUT2D eigenvalue weighted by Crippen LogP contribution is 2.19. The van der Waals surface area contributed by atoms with Crippen molar-refractivity contribution < 1.29 is 19.5 Å². The second-order valence-corrected chi connectivity index (χ2v) is 5.40. The number of aliphatic carboxylic acids is 1. The molecule has 0 bridgehead atoms. The summed E-state index contributed by atoms with van der Waals surface area (Å²) in [5.74, 6) is -1.13. The van der Waals surface area contributed by atoms with E-state index < -0.39 is 12.0 Å². The molecule has 2 atom stereocenters. The third-order valence-electron chi connectivity index (χ3n) is 3.58. The lowest BCUT2D eigenvalue weighted by atomic mass is 10.00. The van der Waals surface area contributed by atoms with Crippen LogP contribution in [-0.2, 0) is 9.59 Å². The monoisotopic (exact) mass is 299 g/mol. The number of carbonyl (C=O) groups excluding carboxylic acids is 2. The van der Waals surface area contributed by atoms with Gasteiger partial charge in [-0.15, -0.1) is 0 Å². The number of nitrogens with one attached hydrogen (secondary N) is 2. The molecule has 0 aromatic carbocycles. The summed E-state index contributed by atoms with van der Waals surface area (Å²) < 4.78 is 0. The number of hydrogen-bond donors (Lipinski definition) is 3. The van der Waals surface area contributed by atoms with Gasteiger partial charge < -0.3 is 20.6 Å². The number of nitrogens with zero attached hydrogens (tertiary/aromatic N) is 1. The summed E-state index contributed by atoms with van der Waals surface area (Å²) in [6.45, 7) is 4.68. The Morgan fingerprint density at radius 3 is 2.67 bits per heavy atom. The molecule has 2 unspecified atom stereocenters. The molecule has 120 valence electrons. The van der Waals surface area contributed by atoms with E-state index in [1.165, 1.54) is 0 Å². The van der Waals surface area contributed by atoms with Gasteiger partial charge in [0.1, 0.15) is 6.04 Å². The van der Waals surface area contributed by atoms with Crippen molar-refractivity contribution in [3.63, 3.8) is 0 Å². The molecule has 3 amide bonds. The van der Waals surface area contributed by atoms with Crippen molar-refractivity contribution in [1.82, 2.24) is 15.5 Å². The van der Waals surface area contributed by atoms with Crippen molar-refractivity contribution in [3.05, 3.63) is 0 Å². The zero-order valence-electron chi connectivity index (χ0n) is 12.7. The minimum atomic E-state index is -0.909. The van der Waals surface area contributed by atoms with E-state index in [0.29, 0.717) is 19.5 Å². The topological polar surface area (TPSA) is 98.7 Å². The Kier molecular flexibility index (Phi) is 6.98. The van der Waals surface area contributed by atoms with E-state index in [1.54, 1.807) is 11.8 Å². The standard InChI is InChI=1S/C14H25N3O4/c1-3-7-15-13(20)10(2)16-14(21)17-8-5-4-6-11(17)9-12(18)19/h10-11H,3-9H2,1-2H3,(H,15,20)(H,16,21)(H,18,19). The SMILES string of the molecule is CCCNC(=O)C(C)NC(=O)N1CCCCC1CC(=O)O. The Balaban J connectivity index is 2.55. The Labute approximate surface area is 125 Å². The van der Waals surface area contributed by atoms with Crippen molar-refractivity contribution in [2.45, 2.75) is 58.0 Å². The van der Waals surface area contributed by atoms with Gasteiger partial charge in [-0.3, -0.25) is 9.59 Å². The van der Waals surface area contributed by atoms with Crippen molar-refractivity contribution >= 4 is 17.9 Å². The van der Waals surface area contributed by atoms with Crippen LogP contribution in [0.4, 0.5) is 4.79 Å². The maximum absolute atomic E-state index is 12.2. The molecule has 0 aromatic heterocycles. The first-order chi connectivity index (χ1) is 9.95. The van der Waals surface area contributed by atoms with Gasteiger partial charge in [0.15, 0.2) is 0 Å². The van der Waals surface area contributed by atoms with E-state index in [-0.39, 0.29) is 24.4 Å². The molecular formula is C14H25N3O4. The zero-order chi connectivity index (χ0) is 15.8. The third kappa shape index (κ3) is 5.61. The molecule has 0 aromatic rings. The van der Waals surface area contributed by atoms with Gasteiger partial charge in [0.05, 0.1) is 6.42 Å². The molecule has 0 spiro atoms. The number of amides is 3. The highest BCUT2D eigenvalue weighted by molar-refractivity contribution is 5.87. The van der Waals surface area contributed by atoms with Gasteiger partial charge in [-0.1, -0.05) is 6.92 Å². The summed E-state index contributed by atoms with van der Waals surface area (Å²) in [5, 5.41) is 14.3. The van der Waals surface area contributed by atoms with Crippen LogP contribution in [0.3, 0.4) is 0 Å². The number of rotatable bonds is 6. The number of carbonyl (C=O) groups is 3. The molecular weight excluding hydrogens is 274 g/mol. The van der Waals surface area contributed by atoms with E-state index in [0.717, 1.165) is 19.3 Å². The lowest BCUT2D eigenvalue weighted by molar-refractivity contribution is -0.138. The maximum atomic E-state index is 12.2. The molecule has 7 heteroatoms. The van der Waals surface area contributed by atoms with Crippen LogP contribution in [0.5, 0.6) is 0 Å². The lowest BCUT2D eigenvalue weighted by Crippen LogP contribution is -2.54. The van der Waals surface area contributed by atoms with Crippen LogP contribution in [0.25, 0.3) is 0 Å². The lowest BCUT2D eigenvalue weighted by Gasteiger charge is -2.35. The Morgan fingerprint density at radius 2 is 2.05 bits per heavy atom. The summed E-state index contributed by atoms with van der Waals surface area (Å²) in [6, 6.07) is -1.28. The number of likely N-dealkylation sites (tertiary alicyclic amines) is 1. The van der Waals surface area contributed by atoms with Crippen LogP contribution in [0, 0.1) is 0 Å². The van der Waals surface area contributed by atoms with Crippen molar-refractivity contribution in [1.29, 1.82) is 0 Å². The summed E-state index contributed by atoms with van der Waals surface area (Å²) in [5.41, 5.74) is 0. The largest absolute Gasteiger partial charge is 0.481 e. The van der Waals surface area contributed by atoms with Crippen LogP contribution in [0.1, 0.15) is 46.0 Å². The average Bonchev–Trinajstić information content (AvgIpc) is 2.44. The molecule has 1 saturated heterocycles. The first-order valence-corrected chi connectivity index (χ1v) is 7.52. The zero-order valence-corrected chi connectivity index (χ0v) is 12.7. The van der Waals surface area contributed by atoms with Crippen molar-refractivity contribution in [2.24, 2.45) is 0 Å². The van der Waals surface area contributed by atoms with E-state index in [1.807, 2.05) is 6.92 Å². The Hall–Kier alpha value is -1.79. The first kappa shape index (κ1) is 17.3. The second-order valence-electron chi connectivity index (χ2n) is 5.40. The minimum absolute atomic E-state index is 0.0518. The third-order valence-corrected chi connectivity index (χ3v) is 3.58. The van der Waals surface area contributed by atoms with Gasteiger partial charge >= 0.3 is 12.0 Å². The molecule has 1 fully saturated rings. The quantitative estimate of drug-likeness (QED) is 0.679. The number of carboxylic acids is 1. The van der Waals surface area contributed by atoms with E-state index in [4.69, 9.17) is 5.11 Å². The molecule has 0 aliphatic carbocycles. The predicted molar refractivity (Wildman–Crippen MR) is 77.9 cm³/mol. The highest BCUT2D eigenvalue weighted by atomic mass is 16.4. The van der Waals surface area contributed by atoms with Gasteiger partial charge in [-0.25, -0.2) is 4.79 Å². The minimum Gasteiger partial charge on any atom is -0.481 e. The fourth-order valence-electron chi connectivity index (χ4n) is 2.42. The van der Waals surface area contributed by atoms with E-state index >= 15 is 0 Å². The molecule has 1 aliphatic rings. The van der Waals surface area contributed by atoms with Crippen LogP contribution in [0.15, 0.2) is 0 Å². The summed E-state index contributed by atoms with van der Waals surface area (Å²) in [6.07, 6.45) is 3.26. The van der Waals surface area contributed by atoms with E-state index in [9.17, 15) is 14.4 Å². The number of urea groups is 1. The fourth-order valence-corrected chi connectivity index (χ4v) is 2.42. The van der Waals surface area contributed by atoms with Crippen LogP contribution < -0.4 is 10.6 Å². The number of hydrogen-bond acceptors (Lipinski definition) is 3.